The second-order valence-corrected chi connectivity index (χ2v) is 18.7. The Kier molecular flexibility index (Phi) is 28.4. The third kappa shape index (κ3) is 25.8. The van der Waals surface area contributed by atoms with Crippen molar-refractivity contribution in [1.82, 2.24) is 0 Å². The summed E-state index contributed by atoms with van der Waals surface area (Å²) < 4.78 is 23.2. The Balaban J connectivity index is 1.32. The van der Waals surface area contributed by atoms with E-state index in [0.29, 0.717) is 32.5 Å². The molecule has 7 nitrogen and oxygen atoms in total. The molecule has 3 aromatic carbocycles. The number of carbonyl (C=O) groups excluding carboxylic acids is 3. The van der Waals surface area contributed by atoms with Gasteiger partial charge in [-0.15, -0.1) is 0 Å². The van der Waals surface area contributed by atoms with Crippen molar-refractivity contribution < 1.29 is 33.3 Å². The van der Waals surface area contributed by atoms with Crippen LogP contribution in [0, 0.1) is 5.41 Å². The van der Waals surface area contributed by atoms with Crippen LogP contribution in [0.15, 0.2) is 91.0 Å². The molecule has 0 aliphatic carbocycles. The number of hydrogen-bond acceptors (Lipinski definition) is 7. The van der Waals surface area contributed by atoms with Crippen LogP contribution in [0.4, 0.5) is 0 Å². The highest BCUT2D eigenvalue weighted by atomic mass is 16.6. The molecule has 0 aromatic heterocycles. The number of unbranched alkanes of at least 4 members (excludes halogenated alkanes) is 21. The Labute approximate surface area is 382 Å². The lowest BCUT2D eigenvalue weighted by Gasteiger charge is -2.33. The summed E-state index contributed by atoms with van der Waals surface area (Å²) in [6, 6.07) is 29.9. The van der Waals surface area contributed by atoms with Crippen molar-refractivity contribution in [3.63, 3.8) is 0 Å². The molecular formula is C56H84O7. The van der Waals surface area contributed by atoms with Crippen LogP contribution in [0.5, 0.6) is 0 Å². The quantitative estimate of drug-likeness (QED) is 0.0247. The Morgan fingerprint density at radius 3 is 1.16 bits per heavy atom. The van der Waals surface area contributed by atoms with E-state index in [0.717, 1.165) is 88.4 Å². The molecule has 0 saturated heterocycles. The van der Waals surface area contributed by atoms with Crippen molar-refractivity contribution in [1.29, 1.82) is 0 Å². The average Bonchev–Trinajstić information content (AvgIpc) is 3.28. The zero-order valence-electron chi connectivity index (χ0n) is 39.7. The van der Waals surface area contributed by atoms with Gasteiger partial charge in [-0.2, -0.15) is 0 Å². The fourth-order valence-electron chi connectivity index (χ4n) is 8.11. The zero-order valence-corrected chi connectivity index (χ0v) is 39.7. The van der Waals surface area contributed by atoms with Crippen LogP contribution in [0.1, 0.15) is 204 Å². The van der Waals surface area contributed by atoms with Crippen molar-refractivity contribution in [2.24, 2.45) is 5.41 Å². The molecule has 3 rings (SSSR count). The van der Waals surface area contributed by atoms with Gasteiger partial charge in [0.25, 0.3) is 0 Å². The lowest BCUT2D eigenvalue weighted by molar-refractivity contribution is -0.182. The van der Waals surface area contributed by atoms with Crippen molar-refractivity contribution >= 4 is 17.9 Å². The van der Waals surface area contributed by atoms with Gasteiger partial charge >= 0.3 is 17.9 Å². The van der Waals surface area contributed by atoms with E-state index in [1.165, 1.54) is 82.6 Å². The molecule has 1 unspecified atom stereocenters. The fourth-order valence-corrected chi connectivity index (χ4v) is 8.11. The van der Waals surface area contributed by atoms with Gasteiger partial charge in [-0.25, -0.2) is 0 Å². The molecule has 0 spiro atoms. The average molecular weight is 869 g/mol. The maximum atomic E-state index is 14.1. The maximum absolute atomic E-state index is 14.1. The second-order valence-electron chi connectivity index (χ2n) is 18.7. The molecule has 350 valence electrons. The second kappa shape index (κ2) is 33.5. The monoisotopic (exact) mass is 869 g/mol. The minimum Gasteiger partial charge on any atom is -0.461 e. The molecule has 0 bridgehead atoms. The smallest absolute Gasteiger partial charge is 0.324 e. The van der Waals surface area contributed by atoms with Crippen molar-refractivity contribution in [2.45, 2.75) is 213 Å². The highest BCUT2D eigenvalue weighted by molar-refractivity contribution is 6.00. The third-order valence-electron chi connectivity index (χ3n) is 11.9. The molecule has 0 aliphatic heterocycles. The Bertz CT molecular complexity index is 1590. The van der Waals surface area contributed by atoms with Crippen LogP contribution in [-0.4, -0.2) is 30.1 Å². The van der Waals surface area contributed by atoms with E-state index in [9.17, 15) is 14.4 Å². The van der Waals surface area contributed by atoms with Crippen LogP contribution < -0.4 is 0 Å². The minimum atomic E-state index is -1.30. The predicted molar refractivity (Wildman–Crippen MR) is 257 cm³/mol. The molecule has 0 heterocycles. The Morgan fingerprint density at radius 1 is 0.397 bits per heavy atom. The van der Waals surface area contributed by atoms with Gasteiger partial charge in [-0.05, 0) is 63.1 Å². The topological polar surface area (TPSA) is 88.1 Å². The number of carbonyl (C=O) groups is 3. The summed E-state index contributed by atoms with van der Waals surface area (Å²) in [5.41, 5.74) is 1.17. The summed E-state index contributed by atoms with van der Waals surface area (Å²) in [6.07, 6.45) is 27.4. The first-order valence-corrected chi connectivity index (χ1v) is 24.9. The van der Waals surface area contributed by atoms with Crippen LogP contribution in [-0.2, 0) is 53.2 Å². The van der Waals surface area contributed by atoms with Gasteiger partial charge in [0.05, 0.1) is 6.61 Å². The first-order valence-electron chi connectivity index (χ1n) is 24.9. The van der Waals surface area contributed by atoms with Gasteiger partial charge in [-0.3, -0.25) is 14.4 Å². The highest BCUT2D eigenvalue weighted by Crippen LogP contribution is 2.37. The molecule has 0 saturated carbocycles. The summed E-state index contributed by atoms with van der Waals surface area (Å²) in [5.74, 6) is -0.987. The van der Waals surface area contributed by atoms with Crippen molar-refractivity contribution in [3.05, 3.63) is 108 Å². The van der Waals surface area contributed by atoms with Gasteiger partial charge < -0.3 is 18.9 Å². The molecule has 63 heavy (non-hydrogen) atoms. The molecular weight excluding hydrogens is 785 g/mol. The van der Waals surface area contributed by atoms with Gasteiger partial charge in [0.2, 0.25) is 0 Å². The number of hydrogen-bond donors (Lipinski definition) is 0. The minimum absolute atomic E-state index is 0.113. The van der Waals surface area contributed by atoms with E-state index in [1.54, 1.807) is 0 Å². The Hall–Kier alpha value is -3.97. The van der Waals surface area contributed by atoms with Crippen LogP contribution in [0.2, 0.25) is 0 Å². The molecule has 0 amide bonds. The van der Waals surface area contributed by atoms with Crippen molar-refractivity contribution in [2.75, 3.05) is 6.61 Å². The SMILES string of the molecule is CC(C)(C)OC(=O)C(CCCCCCCCCCCCCCOCc1ccccc1)(CCCCCCCCCCCCCC(=O)OCc1ccccc1)C(=O)OCc1ccccc1. The summed E-state index contributed by atoms with van der Waals surface area (Å²) in [5, 5.41) is 0. The van der Waals surface area contributed by atoms with Crippen LogP contribution in [0.25, 0.3) is 0 Å². The standard InChI is InChI=1S/C56H84O7/c1-55(2,3)63-54(59)56(53(58)62-48-51-40-30-25-31-41-51,43-33-20-16-12-8-4-5-10-14-18-22-35-45-60-46-49-36-26-23-27-37-49)44-34-21-17-13-9-6-7-11-15-19-32-42-52(57)61-47-50-38-28-24-29-39-50/h23-31,36-41H,4-22,32-35,42-48H2,1-3H3. The molecule has 3 aromatic rings. The normalized spacial score (nSPS) is 12.4. The number of esters is 3. The Morgan fingerprint density at radius 2 is 0.746 bits per heavy atom. The highest BCUT2D eigenvalue weighted by Gasteiger charge is 2.49. The lowest BCUT2D eigenvalue weighted by Crippen LogP contribution is -2.44. The molecule has 0 aliphatic rings. The summed E-state index contributed by atoms with van der Waals surface area (Å²) in [7, 11) is 0. The number of rotatable bonds is 37. The summed E-state index contributed by atoms with van der Waals surface area (Å²) >= 11 is 0. The van der Waals surface area contributed by atoms with Gasteiger partial charge in [0.1, 0.15) is 18.8 Å². The number of ether oxygens (including phenoxy) is 4. The first-order chi connectivity index (χ1) is 30.7. The van der Waals surface area contributed by atoms with E-state index >= 15 is 0 Å². The zero-order chi connectivity index (χ0) is 45.1. The van der Waals surface area contributed by atoms with Crippen LogP contribution in [0.3, 0.4) is 0 Å². The largest absolute Gasteiger partial charge is 0.461 e. The number of benzene rings is 3. The van der Waals surface area contributed by atoms with E-state index in [4.69, 9.17) is 18.9 Å². The van der Waals surface area contributed by atoms with E-state index in [-0.39, 0.29) is 12.6 Å². The van der Waals surface area contributed by atoms with E-state index in [2.05, 4.69) is 24.3 Å². The summed E-state index contributed by atoms with van der Waals surface area (Å²) in [6.45, 7) is 7.66. The fraction of sp³-hybridized carbons (Fsp3) is 0.625. The molecule has 0 radical (unpaired) electrons. The third-order valence-corrected chi connectivity index (χ3v) is 11.9. The molecule has 1 atom stereocenters. The predicted octanol–water partition coefficient (Wildman–Crippen LogP) is 15.2. The van der Waals surface area contributed by atoms with Crippen molar-refractivity contribution in [3.8, 4) is 0 Å². The lowest BCUT2D eigenvalue weighted by atomic mass is 9.77. The maximum Gasteiger partial charge on any atom is 0.324 e. The molecule has 7 heteroatoms. The summed E-state index contributed by atoms with van der Waals surface area (Å²) in [4.78, 5) is 40.2. The molecule has 0 fully saturated rings. The van der Waals surface area contributed by atoms with E-state index < -0.39 is 23.0 Å². The van der Waals surface area contributed by atoms with Crippen LogP contribution >= 0.6 is 0 Å². The van der Waals surface area contributed by atoms with Gasteiger partial charge in [0.15, 0.2) is 5.41 Å². The van der Waals surface area contributed by atoms with E-state index in [1.807, 2.05) is 87.5 Å². The first kappa shape index (κ1) is 53.4. The van der Waals surface area contributed by atoms with Gasteiger partial charge in [-0.1, -0.05) is 226 Å². The van der Waals surface area contributed by atoms with Gasteiger partial charge in [0, 0.05) is 13.0 Å². The molecule has 0 N–H and O–H groups in total.